The molecule has 0 amide bonds. The van der Waals surface area contributed by atoms with Gasteiger partial charge in [-0.3, -0.25) is 14.4 Å². The van der Waals surface area contributed by atoms with Gasteiger partial charge in [0.2, 0.25) is 0 Å². The zero-order chi connectivity index (χ0) is 52.9. The van der Waals surface area contributed by atoms with Crippen molar-refractivity contribution in [1.29, 1.82) is 0 Å². The van der Waals surface area contributed by atoms with E-state index in [1.54, 1.807) is 56.9 Å². The number of aliphatic carboxylic acids is 1. The lowest BCUT2D eigenvalue weighted by atomic mass is 9.86. The highest BCUT2D eigenvalue weighted by molar-refractivity contribution is 8.00. The standard InChI is InChI=1S/C55H74N3O14S/c1-57(21-17-37-29-48(67-7)50(69-9)31-39(37)42(57)25-35-13-15-44(63-3)46(27-35)65-5)19-11-23-71-53(59)33-52(73-34-41(56)54(60)61)55(62)72-24-12-20-58(2)22-18-38-30-49(68-8)51(70-10)32-40(38)43(58)26-36-14-16-45(64-4)47(28-36)66-6/h13-16,27-32,41-43,52H,11-12,17-26,33-34,56H2,1-10H3/q+1/p+1/t41-,42-,43-,52?,57-,58-/m1/s1. The monoisotopic (exact) mass is 1030 g/mol. The van der Waals surface area contributed by atoms with Crippen molar-refractivity contribution in [2.75, 3.05) is 116 Å². The van der Waals surface area contributed by atoms with Gasteiger partial charge < -0.3 is 67.2 Å². The number of fused-ring (bicyclic) bond motifs is 2. The molecule has 73 heavy (non-hydrogen) atoms. The van der Waals surface area contributed by atoms with E-state index in [9.17, 15) is 19.5 Å². The van der Waals surface area contributed by atoms with Crippen LogP contribution in [0.4, 0.5) is 0 Å². The number of quaternary nitrogens is 2. The smallest absolute Gasteiger partial charge is 0.321 e. The average Bonchev–Trinajstić information content (AvgIpc) is 3.40. The number of nitrogens with two attached hydrogens (primary N) is 1. The number of benzene rings is 4. The molecule has 398 valence electrons. The van der Waals surface area contributed by atoms with Gasteiger partial charge in [0.05, 0.1) is 117 Å². The van der Waals surface area contributed by atoms with Gasteiger partial charge in [-0.2, -0.15) is 0 Å². The quantitative estimate of drug-likeness (QED) is 0.0360. The van der Waals surface area contributed by atoms with Crippen molar-refractivity contribution in [3.8, 4) is 46.0 Å². The summed E-state index contributed by atoms with van der Waals surface area (Å²) in [6.07, 6.45) is 3.76. The topological polar surface area (TPSA) is 190 Å². The highest BCUT2D eigenvalue weighted by Crippen LogP contribution is 2.45. The number of likely N-dealkylation sites (N-methyl/N-ethyl adjacent to an activating group) is 2. The van der Waals surface area contributed by atoms with Gasteiger partial charge in [0.15, 0.2) is 46.0 Å². The lowest BCUT2D eigenvalue weighted by Crippen LogP contribution is -2.52. The number of carbonyl (C=O) groups is 3. The van der Waals surface area contributed by atoms with Crippen LogP contribution in [0.15, 0.2) is 60.7 Å². The summed E-state index contributed by atoms with van der Waals surface area (Å²) in [4.78, 5) is 39.0. The second-order valence-corrected chi connectivity index (χ2v) is 20.3. The fourth-order valence-electron chi connectivity index (χ4n) is 10.3. The number of rotatable bonds is 27. The Morgan fingerprint density at radius 1 is 0.589 bits per heavy atom. The Bertz CT molecular complexity index is 2540. The second kappa shape index (κ2) is 25.7. The minimum absolute atomic E-state index is 0.000606. The van der Waals surface area contributed by atoms with Crippen LogP contribution in [0.5, 0.6) is 46.0 Å². The summed E-state index contributed by atoms with van der Waals surface area (Å²) in [5.41, 5.74) is 12.7. The van der Waals surface area contributed by atoms with Crippen LogP contribution in [0.3, 0.4) is 0 Å². The summed E-state index contributed by atoms with van der Waals surface area (Å²) in [6, 6.07) is 19.0. The number of esters is 2. The first-order chi connectivity index (χ1) is 35.1. The molecule has 3 N–H and O–H groups in total. The Morgan fingerprint density at radius 2 is 0.986 bits per heavy atom. The molecule has 1 unspecified atom stereocenters. The fourth-order valence-corrected chi connectivity index (χ4v) is 11.4. The highest BCUT2D eigenvalue weighted by Gasteiger charge is 2.42. The average molecular weight is 1030 g/mol. The van der Waals surface area contributed by atoms with Gasteiger partial charge in [-0.15, -0.1) is 11.8 Å². The number of thioether (sulfide) groups is 1. The first-order valence-corrected chi connectivity index (χ1v) is 25.6. The Morgan fingerprint density at radius 3 is 1.40 bits per heavy atom. The molecule has 0 saturated heterocycles. The molecule has 0 aliphatic carbocycles. The molecular weight excluding hydrogens is 959 g/mol. The third kappa shape index (κ3) is 13.6. The van der Waals surface area contributed by atoms with Crippen molar-refractivity contribution in [2.45, 2.75) is 68.3 Å². The van der Waals surface area contributed by atoms with E-state index in [2.05, 4.69) is 44.4 Å². The van der Waals surface area contributed by atoms with Gasteiger partial charge in [-0.1, -0.05) is 12.1 Å². The molecule has 18 heteroatoms. The lowest BCUT2D eigenvalue weighted by Gasteiger charge is -2.46. The van der Waals surface area contributed by atoms with Crippen molar-refractivity contribution in [1.82, 2.24) is 0 Å². The van der Waals surface area contributed by atoms with Crippen LogP contribution in [-0.4, -0.2) is 159 Å². The number of ether oxygens (including phenoxy) is 10. The first kappa shape index (κ1) is 56.2. The number of hydrogen-bond donors (Lipinski definition) is 2. The van der Waals surface area contributed by atoms with Crippen molar-refractivity contribution < 1.29 is 75.8 Å². The minimum atomic E-state index is -1.24. The first-order valence-electron chi connectivity index (χ1n) is 24.6. The van der Waals surface area contributed by atoms with E-state index in [0.717, 1.165) is 59.9 Å². The van der Waals surface area contributed by atoms with Crippen LogP contribution in [0.1, 0.15) is 64.7 Å². The van der Waals surface area contributed by atoms with Gasteiger partial charge in [-0.05, 0) is 70.8 Å². The summed E-state index contributed by atoms with van der Waals surface area (Å²) in [5.74, 6) is 2.72. The SMILES string of the molecule is COc1ccc(C[C@@H]2c3cc(OC)c(OC)cc3CC[N@@+]2(C)CCCOC(=O)CC(SC[C@@H](N)C(=O)O)C(=O)OCCC[N@+]2(C)CCc3cc(OC)c(OC)cc3[C@H]2Cc2ccc(OC)c(OC)c2)cc1OC. The molecule has 0 radical (unpaired) electrons. The third-order valence-electron chi connectivity index (χ3n) is 14.6. The van der Waals surface area contributed by atoms with Gasteiger partial charge in [-0.25, -0.2) is 0 Å². The van der Waals surface area contributed by atoms with E-state index >= 15 is 0 Å². The summed E-state index contributed by atoms with van der Waals surface area (Å²) in [6.45, 7) is 3.22. The van der Waals surface area contributed by atoms with Gasteiger partial charge >= 0.3 is 17.9 Å². The zero-order valence-corrected chi connectivity index (χ0v) is 44.9. The number of nitrogens with zero attached hydrogens (tertiary/aromatic N) is 2. The predicted octanol–water partition coefficient (Wildman–Crippen LogP) is 6.80. The Labute approximate surface area is 434 Å². The predicted molar refractivity (Wildman–Crippen MR) is 278 cm³/mol. The van der Waals surface area contributed by atoms with Crippen LogP contribution < -0.4 is 43.6 Å². The summed E-state index contributed by atoms with van der Waals surface area (Å²) >= 11 is 0.987. The molecule has 0 aromatic heterocycles. The largest absolute Gasteiger partial charge is 0.493 e. The molecular formula is C55H75N3O14S+2. The van der Waals surface area contributed by atoms with E-state index in [1.807, 2.05) is 30.3 Å². The number of carboxylic acids is 1. The molecule has 4 aromatic rings. The summed E-state index contributed by atoms with van der Waals surface area (Å²) in [7, 11) is 17.4. The van der Waals surface area contributed by atoms with E-state index in [0.29, 0.717) is 93.7 Å². The van der Waals surface area contributed by atoms with Crippen LogP contribution >= 0.6 is 11.8 Å². The van der Waals surface area contributed by atoms with Crippen molar-refractivity contribution in [2.24, 2.45) is 5.73 Å². The molecule has 2 heterocycles. The highest BCUT2D eigenvalue weighted by atomic mass is 32.2. The molecule has 17 nitrogen and oxygen atoms in total. The molecule has 0 saturated carbocycles. The zero-order valence-electron chi connectivity index (χ0n) is 44.1. The molecule has 6 atom stereocenters. The third-order valence-corrected chi connectivity index (χ3v) is 15.9. The van der Waals surface area contributed by atoms with Gasteiger partial charge in [0.25, 0.3) is 0 Å². The molecule has 2 aliphatic rings. The number of methoxy groups -OCH3 is 8. The van der Waals surface area contributed by atoms with Gasteiger partial charge in [0, 0.05) is 55.4 Å². The van der Waals surface area contributed by atoms with Crippen LogP contribution in [0.25, 0.3) is 0 Å². The normalized spacial score (nSPS) is 19.8. The number of hydrogen-bond acceptors (Lipinski definition) is 15. The van der Waals surface area contributed by atoms with Crippen LogP contribution in [0, 0.1) is 0 Å². The Kier molecular flexibility index (Phi) is 19.8. The maximum absolute atomic E-state index is 13.8. The fraction of sp³-hybridized carbons (Fsp3) is 0.509. The molecule has 6 rings (SSSR count). The minimum Gasteiger partial charge on any atom is -0.493 e. The maximum atomic E-state index is 13.8. The second-order valence-electron chi connectivity index (χ2n) is 19.0. The lowest BCUT2D eigenvalue weighted by molar-refractivity contribution is -0.941. The number of carbonyl (C=O) groups excluding carboxylic acids is 2. The number of carboxylic acid groups (broad SMARTS) is 1. The molecule has 0 fully saturated rings. The van der Waals surface area contributed by atoms with Crippen LogP contribution in [0.2, 0.25) is 0 Å². The Balaban J connectivity index is 1.11. The van der Waals surface area contributed by atoms with Crippen molar-refractivity contribution in [3.05, 3.63) is 94.0 Å². The molecule has 2 aliphatic heterocycles. The van der Waals surface area contributed by atoms with E-state index in [1.165, 1.54) is 11.1 Å². The molecule has 0 bridgehead atoms. The maximum Gasteiger partial charge on any atom is 0.321 e. The van der Waals surface area contributed by atoms with E-state index in [-0.39, 0.29) is 37.5 Å². The van der Waals surface area contributed by atoms with Crippen molar-refractivity contribution >= 4 is 29.7 Å². The Hall–Kier alpha value is -6.08. The van der Waals surface area contributed by atoms with E-state index < -0.39 is 29.2 Å². The summed E-state index contributed by atoms with van der Waals surface area (Å²) < 4.78 is 58.2. The summed E-state index contributed by atoms with van der Waals surface area (Å²) in [5, 5.41) is 8.52. The molecule has 4 aromatic carbocycles. The molecule has 0 spiro atoms. The van der Waals surface area contributed by atoms with Crippen LogP contribution in [-0.2, 0) is 49.5 Å². The van der Waals surface area contributed by atoms with Crippen molar-refractivity contribution in [3.63, 3.8) is 0 Å². The van der Waals surface area contributed by atoms with E-state index in [4.69, 9.17) is 53.1 Å². The van der Waals surface area contributed by atoms with Gasteiger partial charge in [0.1, 0.15) is 23.4 Å².